The number of carbonyl (C=O) groups excluding carboxylic acids is 1. The van der Waals surface area contributed by atoms with Gasteiger partial charge in [0.15, 0.2) is 5.69 Å². The van der Waals surface area contributed by atoms with Gasteiger partial charge in [-0.1, -0.05) is 19.9 Å². The van der Waals surface area contributed by atoms with Crippen molar-refractivity contribution in [2.45, 2.75) is 32.4 Å². The number of aryl methyl sites for hydroxylation is 1. The molecule has 0 spiro atoms. The van der Waals surface area contributed by atoms with Crippen LogP contribution in [0.3, 0.4) is 0 Å². The molecule has 0 aliphatic carbocycles. The van der Waals surface area contributed by atoms with Crippen molar-refractivity contribution in [3.63, 3.8) is 0 Å². The fraction of sp³-hybridized carbons (Fsp3) is 0.412. The number of halogens is 3. The Kier molecular flexibility index (Phi) is 5.72. The van der Waals surface area contributed by atoms with Crippen molar-refractivity contribution in [1.82, 2.24) is 9.78 Å². The number of alkyl halides is 3. The van der Waals surface area contributed by atoms with Crippen molar-refractivity contribution in [2.24, 2.45) is 13.0 Å². The van der Waals surface area contributed by atoms with Gasteiger partial charge in [-0.05, 0) is 23.8 Å². The molecule has 1 amide bonds. The van der Waals surface area contributed by atoms with Crippen molar-refractivity contribution in [2.75, 3.05) is 5.32 Å². The summed E-state index contributed by atoms with van der Waals surface area (Å²) in [6.45, 7) is 7.98. The zero-order chi connectivity index (χ0) is 18.8. The van der Waals surface area contributed by atoms with Crippen LogP contribution in [0.4, 0.5) is 18.9 Å². The molecule has 4 nitrogen and oxygen atoms in total. The van der Waals surface area contributed by atoms with E-state index in [2.05, 4.69) is 30.8 Å². The number of aromatic nitrogens is 2. The van der Waals surface area contributed by atoms with Gasteiger partial charge in [0.25, 0.3) is 5.91 Å². The lowest BCUT2D eigenvalue weighted by Crippen LogP contribution is -2.18. The SMILES string of the molecule is C=CC(CC(C)C)c1sccc1NC(=O)c1cn(C)nc1C(F)(F)F. The average Bonchev–Trinajstić information content (AvgIpc) is 3.10. The highest BCUT2D eigenvalue weighted by molar-refractivity contribution is 7.10. The van der Waals surface area contributed by atoms with Gasteiger partial charge < -0.3 is 5.32 Å². The normalized spacial score (nSPS) is 13.1. The molecule has 0 bridgehead atoms. The quantitative estimate of drug-likeness (QED) is 0.721. The number of carbonyl (C=O) groups is 1. The van der Waals surface area contributed by atoms with Gasteiger partial charge in [0.2, 0.25) is 0 Å². The molecule has 0 aliphatic heterocycles. The maximum atomic E-state index is 13.0. The third-order valence-corrected chi connectivity index (χ3v) is 4.68. The van der Waals surface area contributed by atoms with Gasteiger partial charge in [0.05, 0.1) is 11.3 Å². The molecular formula is C17H20F3N3OS. The molecule has 1 atom stereocenters. The molecule has 2 heterocycles. The fourth-order valence-corrected chi connectivity index (χ4v) is 3.55. The number of hydrogen-bond donors (Lipinski definition) is 1. The summed E-state index contributed by atoms with van der Waals surface area (Å²) in [5, 5.41) is 7.75. The van der Waals surface area contributed by atoms with E-state index in [1.807, 2.05) is 0 Å². The minimum Gasteiger partial charge on any atom is -0.321 e. The van der Waals surface area contributed by atoms with Crippen molar-refractivity contribution in [3.05, 3.63) is 46.4 Å². The largest absolute Gasteiger partial charge is 0.435 e. The fourth-order valence-electron chi connectivity index (χ4n) is 2.58. The summed E-state index contributed by atoms with van der Waals surface area (Å²) < 4.78 is 40.1. The highest BCUT2D eigenvalue weighted by Gasteiger charge is 2.39. The van der Waals surface area contributed by atoms with Crippen LogP contribution in [-0.2, 0) is 13.2 Å². The first-order chi connectivity index (χ1) is 11.6. The van der Waals surface area contributed by atoms with E-state index in [1.54, 1.807) is 17.5 Å². The van der Waals surface area contributed by atoms with Crippen LogP contribution in [0.2, 0.25) is 0 Å². The Bertz CT molecular complexity index is 762. The lowest BCUT2D eigenvalue weighted by atomic mass is 9.95. The van der Waals surface area contributed by atoms with Gasteiger partial charge >= 0.3 is 6.18 Å². The van der Waals surface area contributed by atoms with Crippen LogP contribution >= 0.6 is 11.3 Å². The first kappa shape index (κ1) is 19.2. The zero-order valence-electron chi connectivity index (χ0n) is 14.2. The molecule has 0 radical (unpaired) electrons. The number of amides is 1. The Morgan fingerprint density at radius 1 is 1.48 bits per heavy atom. The molecule has 2 aromatic heterocycles. The topological polar surface area (TPSA) is 46.9 Å². The second-order valence-electron chi connectivity index (χ2n) is 6.19. The summed E-state index contributed by atoms with van der Waals surface area (Å²) in [5.41, 5.74) is -1.17. The average molecular weight is 371 g/mol. The van der Waals surface area contributed by atoms with Gasteiger partial charge in [-0.15, -0.1) is 17.9 Å². The smallest absolute Gasteiger partial charge is 0.321 e. The van der Waals surface area contributed by atoms with Crippen molar-refractivity contribution >= 4 is 22.9 Å². The minimum absolute atomic E-state index is 0.0336. The van der Waals surface area contributed by atoms with E-state index in [4.69, 9.17) is 0 Å². The van der Waals surface area contributed by atoms with E-state index >= 15 is 0 Å². The molecule has 0 fully saturated rings. The summed E-state index contributed by atoms with van der Waals surface area (Å²) in [5.74, 6) is -0.373. The number of nitrogens with zero attached hydrogens (tertiary/aromatic N) is 2. The molecule has 0 saturated carbocycles. The van der Waals surface area contributed by atoms with Crippen LogP contribution in [0.1, 0.15) is 47.1 Å². The third-order valence-electron chi connectivity index (χ3n) is 3.63. The summed E-state index contributed by atoms with van der Waals surface area (Å²) in [6, 6.07) is 1.69. The van der Waals surface area contributed by atoms with Crippen LogP contribution in [0.5, 0.6) is 0 Å². The maximum absolute atomic E-state index is 13.0. The summed E-state index contributed by atoms with van der Waals surface area (Å²) in [7, 11) is 1.35. The van der Waals surface area contributed by atoms with E-state index < -0.39 is 23.3 Å². The molecule has 8 heteroatoms. The molecule has 0 aromatic carbocycles. The monoisotopic (exact) mass is 371 g/mol. The molecule has 0 aliphatic rings. The zero-order valence-corrected chi connectivity index (χ0v) is 15.0. The first-order valence-electron chi connectivity index (χ1n) is 7.75. The van der Waals surface area contributed by atoms with E-state index in [1.165, 1.54) is 18.4 Å². The second kappa shape index (κ2) is 7.43. The van der Waals surface area contributed by atoms with Crippen LogP contribution in [0.25, 0.3) is 0 Å². The summed E-state index contributed by atoms with van der Waals surface area (Å²) >= 11 is 1.45. The molecule has 25 heavy (non-hydrogen) atoms. The highest BCUT2D eigenvalue weighted by Crippen LogP contribution is 2.36. The number of hydrogen-bond acceptors (Lipinski definition) is 3. The second-order valence-corrected chi connectivity index (χ2v) is 7.13. The van der Waals surface area contributed by atoms with Crippen LogP contribution in [-0.4, -0.2) is 15.7 Å². The van der Waals surface area contributed by atoms with E-state index in [-0.39, 0.29) is 5.92 Å². The van der Waals surface area contributed by atoms with Gasteiger partial charge in [0.1, 0.15) is 0 Å². The lowest BCUT2D eigenvalue weighted by molar-refractivity contribution is -0.141. The van der Waals surface area contributed by atoms with Crippen LogP contribution in [0, 0.1) is 5.92 Å². The van der Waals surface area contributed by atoms with Gasteiger partial charge in [-0.25, -0.2) is 0 Å². The van der Waals surface area contributed by atoms with Crippen LogP contribution < -0.4 is 5.32 Å². The Labute approximate surface area is 148 Å². The molecule has 0 saturated heterocycles. The standard InChI is InChI=1S/C17H20F3N3OS/c1-5-11(8-10(2)3)14-13(6-7-25-14)21-16(24)12-9-23(4)22-15(12)17(18,19)20/h5-7,9-11H,1,8H2,2-4H3,(H,21,24). The van der Waals surface area contributed by atoms with E-state index in [9.17, 15) is 18.0 Å². The van der Waals surface area contributed by atoms with Gasteiger partial charge in [-0.3, -0.25) is 9.48 Å². The Morgan fingerprint density at radius 2 is 2.16 bits per heavy atom. The molecule has 1 N–H and O–H groups in total. The predicted molar refractivity (Wildman–Crippen MR) is 92.9 cm³/mol. The predicted octanol–water partition coefficient (Wildman–Crippen LogP) is 5.07. The van der Waals surface area contributed by atoms with Crippen LogP contribution in [0.15, 0.2) is 30.3 Å². The van der Waals surface area contributed by atoms with Crippen molar-refractivity contribution in [3.8, 4) is 0 Å². The molecular weight excluding hydrogens is 351 g/mol. The Morgan fingerprint density at radius 3 is 2.72 bits per heavy atom. The number of allylic oxidation sites excluding steroid dienone is 1. The van der Waals surface area contributed by atoms with Crippen molar-refractivity contribution in [1.29, 1.82) is 0 Å². The van der Waals surface area contributed by atoms with E-state index in [0.717, 1.165) is 22.2 Å². The highest BCUT2D eigenvalue weighted by atomic mass is 32.1. The molecule has 2 rings (SSSR count). The molecule has 2 aromatic rings. The minimum atomic E-state index is -4.69. The lowest BCUT2D eigenvalue weighted by Gasteiger charge is -2.16. The Hall–Kier alpha value is -2.09. The van der Waals surface area contributed by atoms with E-state index in [0.29, 0.717) is 11.6 Å². The molecule has 136 valence electrons. The summed E-state index contributed by atoms with van der Waals surface area (Å²) in [6.07, 6.45) is -0.976. The number of anilines is 1. The molecule has 1 unspecified atom stereocenters. The number of thiophene rings is 1. The first-order valence-corrected chi connectivity index (χ1v) is 8.63. The third kappa shape index (κ3) is 4.50. The Balaban J connectivity index is 2.29. The number of rotatable bonds is 6. The number of nitrogens with one attached hydrogen (secondary N) is 1. The maximum Gasteiger partial charge on any atom is 0.435 e. The summed E-state index contributed by atoms with van der Waals surface area (Å²) in [4.78, 5) is 13.3. The van der Waals surface area contributed by atoms with Gasteiger partial charge in [-0.2, -0.15) is 18.3 Å². The van der Waals surface area contributed by atoms with Crippen molar-refractivity contribution < 1.29 is 18.0 Å². The van der Waals surface area contributed by atoms with Gasteiger partial charge in [0, 0.05) is 24.0 Å².